The van der Waals surface area contributed by atoms with E-state index in [1.165, 1.54) is 24.1 Å². The Hall–Kier alpha value is -1.94. The van der Waals surface area contributed by atoms with Gasteiger partial charge in [-0.15, -0.1) is 11.8 Å². The largest absolute Gasteiger partial charge is 0.372 e. The van der Waals surface area contributed by atoms with Crippen molar-refractivity contribution in [1.29, 1.82) is 0 Å². The number of rotatable bonds is 7. The topological polar surface area (TPSA) is 32.3 Å². The molecule has 0 unspecified atom stereocenters. The molecule has 0 radical (unpaired) electrons. The number of hydrogen-bond acceptors (Lipinski definition) is 3. The quantitative estimate of drug-likeness (QED) is 0.831. The maximum Gasteiger partial charge on any atom is 0.230 e. The Bertz CT molecular complexity index is 636. The minimum absolute atomic E-state index is 0.0968. The van der Waals surface area contributed by atoms with Crippen LogP contribution >= 0.6 is 11.8 Å². The predicted octanol–water partition coefficient (Wildman–Crippen LogP) is 3.84. The number of hydrogen-bond donors (Lipinski definition) is 1. The summed E-state index contributed by atoms with van der Waals surface area (Å²) in [5.74, 6) is 1.47. The third-order valence-corrected chi connectivity index (χ3v) is 5.25. The molecule has 24 heavy (non-hydrogen) atoms. The van der Waals surface area contributed by atoms with Crippen LogP contribution in [-0.2, 0) is 17.1 Å². The first-order valence-corrected chi connectivity index (χ1v) is 9.69. The molecular weight excluding hydrogens is 316 g/mol. The highest BCUT2D eigenvalue weighted by atomic mass is 32.2. The first kappa shape index (κ1) is 16.9. The van der Waals surface area contributed by atoms with Crippen LogP contribution in [-0.4, -0.2) is 24.7 Å². The lowest BCUT2D eigenvalue weighted by molar-refractivity contribution is -0.118. The van der Waals surface area contributed by atoms with Crippen molar-refractivity contribution in [2.45, 2.75) is 25.1 Å². The van der Waals surface area contributed by atoms with E-state index in [0.29, 0.717) is 12.3 Å². The van der Waals surface area contributed by atoms with Gasteiger partial charge in [0, 0.05) is 31.1 Å². The van der Waals surface area contributed by atoms with Crippen molar-refractivity contribution in [2.75, 3.05) is 23.7 Å². The maximum absolute atomic E-state index is 11.9. The molecule has 3 rings (SSSR count). The zero-order valence-corrected chi connectivity index (χ0v) is 14.7. The summed E-state index contributed by atoms with van der Waals surface area (Å²) in [4.78, 5) is 14.4. The van der Waals surface area contributed by atoms with Crippen LogP contribution in [0.15, 0.2) is 54.6 Å². The number of nitrogens with zero attached hydrogens (tertiary/aromatic N) is 1. The van der Waals surface area contributed by atoms with Crippen molar-refractivity contribution in [3.63, 3.8) is 0 Å². The Morgan fingerprint density at radius 1 is 0.958 bits per heavy atom. The highest BCUT2D eigenvalue weighted by Gasteiger charge is 2.11. The van der Waals surface area contributed by atoms with E-state index >= 15 is 0 Å². The van der Waals surface area contributed by atoms with Crippen LogP contribution in [0.1, 0.15) is 24.0 Å². The molecule has 1 aliphatic heterocycles. The second-order valence-electron chi connectivity index (χ2n) is 6.12. The van der Waals surface area contributed by atoms with E-state index in [4.69, 9.17) is 0 Å². The fraction of sp³-hybridized carbons (Fsp3) is 0.350. The minimum Gasteiger partial charge on any atom is -0.372 e. The Kier molecular flexibility index (Phi) is 6.19. The van der Waals surface area contributed by atoms with E-state index in [1.54, 1.807) is 11.8 Å². The minimum atomic E-state index is 0.0968. The van der Waals surface area contributed by atoms with Gasteiger partial charge in [0.2, 0.25) is 5.91 Å². The van der Waals surface area contributed by atoms with Crippen LogP contribution in [0.3, 0.4) is 0 Å². The average molecular weight is 340 g/mol. The molecule has 0 spiro atoms. The molecule has 1 fully saturated rings. The first-order valence-electron chi connectivity index (χ1n) is 8.53. The van der Waals surface area contributed by atoms with Crippen LogP contribution in [0, 0.1) is 0 Å². The molecule has 0 aromatic heterocycles. The van der Waals surface area contributed by atoms with Crippen molar-refractivity contribution in [2.24, 2.45) is 0 Å². The van der Waals surface area contributed by atoms with Crippen LogP contribution in [0.2, 0.25) is 0 Å². The van der Waals surface area contributed by atoms with Crippen molar-refractivity contribution in [3.8, 4) is 0 Å². The highest BCUT2D eigenvalue weighted by molar-refractivity contribution is 7.99. The van der Waals surface area contributed by atoms with Crippen LogP contribution in [0.25, 0.3) is 0 Å². The molecule has 1 amide bonds. The van der Waals surface area contributed by atoms with Crippen LogP contribution in [0.5, 0.6) is 0 Å². The van der Waals surface area contributed by atoms with Gasteiger partial charge in [-0.2, -0.15) is 0 Å². The molecule has 1 aliphatic rings. The number of benzene rings is 2. The monoisotopic (exact) mass is 340 g/mol. The summed E-state index contributed by atoms with van der Waals surface area (Å²) < 4.78 is 0. The van der Waals surface area contributed by atoms with E-state index in [9.17, 15) is 4.79 Å². The fourth-order valence-electron chi connectivity index (χ4n) is 2.89. The summed E-state index contributed by atoms with van der Waals surface area (Å²) in [6.07, 6.45) is 2.58. The summed E-state index contributed by atoms with van der Waals surface area (Å²) >= 11 is 1.65. The summed E-state index contributed by atoms with van der Waals surface area (Å²) in [6, 6.07) is 18.8. The van der Waals surface area contributed by atoms with E-state index in [-0.39, 0.29) is 5.91 Å². The van der Waals surface area contributed by atoms with Crippen LogP contribution < -0.4 is 10.2 Å². The molecule has 1 heterocycles. The summed E-state index contributed by atoms with van der Waals surface area (Å²) in [7, 11) is 0. The Balaban J connectivity index is 1.38. The Morgan fingerprint density at radius 2 is 1.67 bits per heavy atom. The molecule has 4 heteroatoms. The lowest BCUT2D eigenvalue weighted by atomic mass is 10.2. The lowest BCUT2D eigenvalue weighted by Gasteiger charge is -2.17. The molecule has 0 bridgehead atoms. The zero-order valence-electron chi connectivity index (χ0n) is 13.9. The van der Waals surface area contributed by atoms with Gasteiger partial charge in [-0.1, -0.05) is 42.5 Å². The van der Waals surface area contributed by atoms with Crippen LogP contribution in [0.4, 0.5) is 5.69 Å². The molecule has 1 saturated heterocycles. The second kappa shape index (κ2) is 8.78. The van der Waals surface area contributed by atoms with Gasteiger partial charge in [0.1, 0.15) is 0 Å². The van der Waals surface area contributed by atoms with Gasteiger partial charge in [0.05, 0.1) is 5.75 Å². The fourth-order valence-corrected chi connectivity index (χ4v) is 3.71. The van der Waals surface area contributed by atoms with E-state index in [2.05, 4.69) is 46.6 Å². The molecular formula is C20H24N2OS. The molecule has 0 aliphatic carbocycles. The summed E-state index contributed by atoms with van der Waals surface area (Å²) in [5, 5.41) is 3.00. The third kappa shape index (κ3) is 5.03. The average Bonchev–Trinajstić information content (AvgIpc) is 3.16. The molecule has 0 saturated carbocycles. The number of nitrogens with one attached hydrogen (secondary N) is 1. The second-order valence-corrected chi connectivity index (χ2v) is 7.10. The smallest absolute Gasteiger partial charge is 0.230 e. The van der Waals surface area contributed by atoms with Gasteiger partial charge in [-0.3, -0.25) is 4.79 Å². The van der Waals surface area contributed by atoms with Gasteiger partial charge < -0.3 is 10.2 Å². The Morgan fingerprint density at radius 3 is 2.38 bits per heavy atom. The van der Waals surface area contributed by atoms with Crippen molar-refractivity contribution in [1.82, 2.24) is 5.32 Å². The normalized spacial score (nSPS) is 13.9. The standard InChI is InChI=1S/C20H24N2OS/c23-20(16-24-15-18-6-2-1-3-7-18)21-14-17-8-10-19(11-9-17)22-12-4-5-13-22/h1-3,6-11H,4-5,12-16H2,(H,21,23). The maximum atomic E-state index is 11.9. The van der Waals surface area contributed by atoms with Crippen molar-refractivity contribution < 1.29 is 4.79 Å². The molecule has 126 valence electrons. The number of carbonyl (C=O) groups is 1. The Labute approximate surface area is 148 Å². The van der Waals surface area contributed by atoms with Gasteiger partial charge in [-0.05, 0) is 36.1 Å². The van der Waals surface area contributed by atoms with E-state index in [0.717, 1.165) is 24.4 Å². The molecule has 2 aromatic rings. The summed E-state index contributed by atoms with van der Waals surface area (Å²) in [5.41, 5.74) is 3.70. The van der Waals surface area contributed by atoms with Gasteiger partial charge >= 0.3 is 0 Å². The van der Waals surface area contributed by atoms with Gasteiger partial charge in [0.15, 0.2) is 0 Å². The SMILES string of the molecule is O=C(CSCc1ccccc1)NCc1ccc(N2CCCC2)cc1. The molecule has 3 nitrogen and oxygen atoms in total. The third-order valence-electron chi connectivity index (χ3n) is 4.24. The first-order chi connectivity index (χ1) is 11.8. The number of anilines is 1. The van der Waals surface area contributed by atoms with Gasteiger partial charge in [0.25, 0.3) is 0 Å². The lowest BCUT2D eigenvalue weighted by Crippen LogP contribution is -2.24. The van der Waals surface area contributed by atoms with E-state index in [1.807, 2.05) is 18.2 Å². The number of carbonyl (C=O) groups excluding carboxylic acids is 1. The summed E-state index contributed by atoms with van der Waals surface area (Å²) in [6.45, 7) is 2.93. The van der Waals surface area contributed by atoms with Crippen molar-refractivity contribution in [3.05, 3.63) is 65.7 Å². The highest BCUT2D eigenvalue weighted by Crippen LogP contribution is 2.20. The van der Waals surface area contributed by atoms with Gasteiger partial charge in [-0.25, -0.2) is 0 Å². The van der Waals surface area contributed by atoms with Crippen molar-refractivity contribution >= 4 is 23.4 Å². The molecule has 2 aromatic carbocycles. The zero-order chi connectivity index (χ0) is 16.6. The predicted molar refractivity (Wildman–Crippen MR) is 102 cm³/mol. The number of amides is 1. The molecule has 0 atom stereocenters. The molecule has 1 N–H and O–H groups in total. The van der Waals surface area contributed by atoms with E-state index < -0.39 is 0 Å². The number of thioether (sulfide) groups is 1.